The van der Waals surface area contributed by atoms with Gasteiger partial charge < -0.3 is 20.8 Å². The topological polar surface area (TPSA) is 67.8 Å². The van der Waals surface area contributed by atoms with Crippen LogP contribution in [0, 0.1) is 5.92 Å². The lowest BCUT2D eigenvalue weighted by molar-refractivity contribution is 0.0848. The van der Waals surface area contributed by atoms with Gasteiger partial charge in [0, 0.05) is 36.8 Å². The van der Waals surface area contributed by atoms with E-state index in [2.05, 4.69) is 35.5 Å². The van der Waals surface area contributed by atoms with Gasteiger partial charge in [-0.2, -0.15) is 0 Å². The number of rotatable bonds is 22. The van der Waals surface area contributed by atoms with E-state index in [1.54, 1.807) is 5.57 Å². The van der Waals surface area contributed by atoms with E-state index in [9.17, 15) is 10.2 Å². The van der Waals surface area contributed by atoms with E-state index in [1.807, 2.05) is 0 Å². The van der Waals surface area contributed by atoms with Crippen LogP contribution in [-0.4, -0.2) is 70.6 Å². The Hall–Kier alpha value is -0.460. The van der Waals surface area contributed by atoms with E-state index < -0.39 is 0 Å². The van der Waals surface area contributed by atoms with Crippen LogP contribution in [0.15, 0.2) is 11.6 Å². The van der Waals surface area contributed by atoms with Gasteiger partial charge in [-0.15, -0.1) is 0 Å². The molecule has 4 rings (SSSR count). The Labute approximate surface area is 279 Å². The van der Waals surface area contributed by atoms with Gasteiger partial charge in [0.25, 0.3) is 0 Å². The number of hydrogen-bond donors (Lipinski definition) is 4. The Morgan fingerprint density at radius 3 is 1.58 bits per heavy atom. The highest BCUT2D eigenvalue weighted by atomic mass is 16.3. The summed E-state index contributed by atoms with van der Waals surface area (Å²) in [5.41, 5.74) is 1.77. The standard InChI is InChI=1S/C40H75N3O2/c1-32-39(44)27-25-36(41-32)22-17-13-9-5-3-7-11-15-20-34-30-35(38-24-19-29-43(38)31-34)21-16-12-8-4-6-10-14-18-23-37-26-28-40(45)33(2)42-37/h30,32-33,35-42,44-45H,3-29,31H2,1-2H3/t32-,33-,35-,36-,37-,38+,39-,40-/m1/s1. The predicted molar refractivity (Wildman–Crippen MR) is 192 cm³/mol. The summed E-state index contributed by atoms with van der Waals surface area (Å²) in [6, 6.07) is 2.66. The summed E-state index contributed by atoms with van der Waals surface area (Å²) < 4.78 is 0. The molecule has 262 valence electrons. The molecule has 0 aromatic heterocycles. The third kappa shape index (κ3) is 13.9. The number of unbranched alkanes of at least 4 members (excludes halogenated alkanes) is 14. The Kier molecular flexibility index (Phi) is 17.8. The molecule has 4 aliphatic heterocycles. The molecule has 8 atom stereocenters. The second-order valence-corrected chi connectivity index (χ2v) is 16.0. The molecule has 0 spiro atoms. The zero-order valence-electron chi connectivity index (χ0n) is 29.8. The van der Waals surface area contributed by atoms with Crippen LogP contribution in [0.2, 0.25) is 0 Å². The number of nitrogens with zero attached hydrogens (tertiary/aromatic N) is 1. The van der Waals surface area contributed by atoms with Crippen molar-refractivity contribution in [3.8, 4) is 0 Å². The maximum absolute atomic E-state index is 9.89. The first-order valence-electron chi connectivity index (χ1n) is 20.3. The minimum Gasteiger partial charge on any atom is -0.392 e. The Morgan fingerprint density at radius 2 is 1.07 bits per heavy atom. The molecule has 0 saturated carbocycles. The van der Waals surface area contributed by atoms with Gasteiger partial charge in [-0.3, -0.25) is 4.90 Å². The summed E-state index contributed by atoms with van der Waals surface area (Å²) in [7, 11) is 0. The average molecular weight is 630 g/mol. The van der Waals surface area contributed by atoms with Gasteiger partial charge >= 0.3 is 0 Å². The molecule has 0 unspecified atom stereocenters. The van der Waals surface area contributed by atoms with Crippen LogP contribution in [0.4, 0.5) is 0 Å². The van der Waals surface area contributed by atoms with Crippen molar-refractivity contribution in [1.29, 1.82) is 0 Å². The second-order valence-electron chi connectivity index (χ2n) is 16.0. The fourth-order valence-electron chi connectivity index (χ4n) is 9.17. The Bertz CT molecular complexity index is 804. The van der Waals surface area contributed by atoms with Gasteiger partial charge in [-0.05, 0) is 96.9 Å². The van der Waals surface area contributed by atoms with E-state index in [-0.39, 0.29) is 24.3 Å². The molecule has 3 saturated heterocycles. The van der Waals surface area contributed by atoms with Gasteiger partial charge in [-0.1, -0.05) is 108 Å². The van der Waals surface area contributed by atoms with Crippen LogP contribution in [-0.2, 0) is 0 Å². The van der Waals surface area contributed by atoms with E-state index in [1.165, 1.54) is 154 Å². The molecular formula is C40H75N3O2. The van der Waals surface area contributed by atoms with Crippen LogP contribution in [0.25, 0.3) is 0 Å². The van der Waals surface area contributed by atoms with E-state index in [0.29, 0.717) is 12.1 Å². The molecule has 4 heterocycles. The van der Waals surface area contributed by atoms with Crippen molar-refractivity contribution in [2.75, 3.05) is 13.1 Å². The van der Waals surface area contributed by atoms with Gasteiger partial charge in [0.15, 0.2) is 0 Å². The summed E-state index contributed by atoms with van der Waals surface area (Å²) in [6.45, 7) is 6.86. The van der Waals surface area contributed by atoms with Crippen molar-refractivity contribution in [2.24, 2.45) is 5.92 Å². The molecule has 45 heavy (non-hydrogen) atoms. The third-order valence-electron chi connectivity index (χ3n) is 12.2. The average Bonchev–Trinajstić information content (AvgIpc) is 3.51. The van der Waals surface area contributed by atoms with Crippen LogP contribution in [0.5, 0.6) is 0 Å². The van der Waals surface area contributed by atoms with Crippen molar-refractivity contribution in [2.45, 2.75) is 223 Å². The molecule has 5 nitrogen and oxygen atoms in total. The molecule has 0 aliphatic carbocycles. The van der Waals surface area contributed by atoms with Gasteiger partial charge in [0.2, 0.25) is 0 Å². The van der Waals surface area contributed by atoms with Crippen molar-refractivity contribution >= 4 is 0 Å². The van der Waals surface area contributed by atoms with Crippen molar-refractivity contribution in [1.82, 2.24) is 15.5 Å². The highest BCUT2D eigenvalue weighted by Crippen LogP contribution is 2.35. The minimum absolute atomic E-state index is 0.141. The number of piperidine rings is 2. The molecule has 4 aliphatic rings. The van der Waals surface area contributed by atoms with Crippen LogP contribution in [0.3, 0.4) is 0 Å². The van der Waals surface area contributed by atoms with Crippen molar-refractivity contribution < 1.29 is 10.2 Å². The first kappa shape index (κ1) is 37.4. The molecule has 0 aromatic rings. The number of fused-ring (bicyclic) bond motifs is 1. The van der Waals surface area contributed by atoms with Gasteiger partial charge in [0.1, 0.15) is 0 Å². The second kappa shape index (κ2) is 21.5. The van der Waals surface area contributed by atoms with Crippen LogP contribution in [0.1, 0.15) is 181 Å². The quantitative estimate of drug-likeness (QED) is 0.0712. The van der Waals surface area contributed by atoms with E-state index in [0.717, 1.165) is 37.6 Å². The normalized spacial score (nSPS) is 32.5. The maximum Gasteiger partial charge on any atom is 0.0691 e. The molecule has 0 bridgehead atoms. The number of hydrogen-bond acceptors (Lipinski definition) is 5. The molecule has 5 heteroatoms. The van der Waals surface area contributed by atoms with Crippen LogP contribution >= 0.6 is 0 Å². The minimum atomic E-state index is -0.142. The molecule has 3 fully saturated rings. The zero-order valence-corrected chi connectivity index (χ0v) is 29.8. The first-order chi connectivity index (χ1) is 22.0. The van der Waals surface area contributed by atoms with Crippen molar-refractivity contribution in [3.63, 3.8) is 0 Å². The van der Waals surface area contributed by atoms with Crippen LogP contribution < -0.4 is 10.6 Å². The summed E-state index contributed by atoms with van der Waals surface area (Å²) in [6.07, 6.45) is 37.4. The summed E-state index contributed by atoms with van der Waals surface area (Å²) >= 11 is 0. The predicted octanol–water partition coefficient (Wildman–Crippen LogP) is 8.81. The molecule has 0 aromatic carbocycles. The molecular weight excluding hydrogens is 554 g/mol. The van der Waals surface area contributed by atoms with E-state index in [4.69, 9.17) is 0 Å². The SMILES string of the molecule is C[C@H]1N[C@H](CCCCCCCCCCC2=C[C@@H](CCCCCCCCCC[C@@H]3CC[C@@H](O)[C@@H](C)N3)[C@@H]3CCCN3C2)CC[C@H]1O. The molecule has 0 amide bonds. The number of aliphatic hydroxyl groups excluding tert-OH is 2. The van der Waals surface area contributed by atoms with Crippen molar-refractivity contribution in [3.05, 3.63) is 11.6 Å². The molecule has 0 radical (unpaired) electrons. The lowest BCUT2D eigenvalue weighted by atomic mass is 9.85. The first-order valence-corrected chi connectivity index (χ1v) is 20.3. The maximum atomic E-state index is 9.89. The lowest BCUT2D eigenvalue weighted by Crippen LogP contribution is -2.48. The monoisotopic (exact) mass is 630 g/mol. The summed E-state index contributed by atoms with van der Waals surface area (Å²) in [4.78, 5) is 2.84. The van der Waals surface area contributed by atoms with Gasteiger partial charge in [0.05, 0.1) is 12.2 Å². The van der Waals surface area contributed by atoms with E-state index >= 15 is 0 Å². The lowest BCUT2D eigenvalue weighted by Gasteiger charge is -2.36. The Morgan fingerprint density at radius 1 is 0.600 bits per heavy atom. The fourth-order valence-corrected chi connectivity index (χ4v) is 9.17. The number of nitrogens with one attached hydrogen (secondary N) is 2. The summed E-state index contributed by atoms with van der Waals surface area (Å²) in [5, 5.41) is 27.0. The van der Waals surface area contributed by atoms with Gasteiger partial charge in [-0.25, -0.2) is 0 Å². The highest BCUT2D eigenvalue weighted by Gasteiger charge is 2.34. The zero-order chi connectivity index (χ0) is 31.7. The third-order valence-corrected chi connectivity index (χ3v) is 12.2. The highest BCUT2D eigenvalue weighted by molar-refractivity contribution is 5.15. The fraction of sp³-hybridized carbons (Fsp3) is 0.950. The summed E-state index contributed by atoms with van der Waals surface area (Å²) in [5.74, 6) is 0.825. The smallest absolute Gasteiger partial charge is 0.0691 e. The largest absolute Gasteiger partial charge is 0.392 e. The molecule has 4 N–H and O–H groups in total. The Balaban J connectivity index is 0.963. The number of aliphatic hydroxyl groups is 2.